The van der Waals surface area contributed by atoms with Gasteiger partial charge in [0.1, 0.15) is 11.6 Å². The molecule has 0 saturated heterocycles. The Hall–Kier alpha value is -2.07. The molecule has 0 radical (unpaired) electrons. The monoisotopic (exact) mass is 383 g/mol. The number of ether oxygens (including phenoxy) is 1. The van der Waals surface area contributed by atoms with E-state index in [4.69, 9.17) is 21.3 Å². The van der Waals surface area contributed by atoms with Crippen molar-refractivity contribution in [1.82, 2.24) is 15.0 Å². The lowest BCUT2D eigenvalue weighted by atomic mass is 9.81. The van der Waals surface area contributed by atoms with Gasteiger partial charge in [0.2, 0.25) is 0 Å². The summed E-state index contributed by atoms with van der Waals surface area (Å²) in [5, 5.41) is 0.794. The van der Waals surface area contributed by atoms with Crippen molar-refractivity contribution in [3.05, 3.63) is 53.1 Å². The zero-order valence-electron chi connectivity index (χ0n) is 15.9. The zero-order chi connectivity index (χ0) is 18.8. The lowest BCUT2D eigenvalue weighted by molar-refractivity contribution is 0.342. The molecule has 4 rings (SSSR count). The van der Waals surface area contributed by atoms with Crippen molar-refractivity contribution in [2.45, 2.75) is 44.9 Å². The number of halogens is 1. The summed E-state index contributed by atoms with van der Waals surface area (Å²) in [6, 6.07) is 7.97. The number of H-pyrrole nitrogens is 1. The second kappa shape index (κ2) is 7.89. The van der Waals surface area contributed by atoms with Crippen LogP contribution in [0.1, 0.15) is 49.9 Å². The summed E-state index contributed by atoms with van der Waals surface area (Å²) < 4.78 is 5.26. The molecule has 0 aliphatic heterocycles. The fourth-order valence-corrected chi connectivity index (χ4v) is 4.42. The van der Waals surface area contributed by atoms with Crippen molar-refractivity contribution in [2.75, 3.05) is 7.11 Å². The second-order valence-electron chi connectivity index (χ2n) is 7.54. The van der Waals surface area contributed by atoms with Crippen LogP contribution < -0.4 is 4.74 Å². The van der Waals surface area contributed by atoms with Crippen molar-refractivity contribution in [3.63, 3.8) is 0 Å². The highest BCUT2D eigenvalue weighted by atomic mass is 35.5. The van der Waals surface area contributed by atoms with Crippen molar-refractivity contribution in [2.24, 2.45) is 11.8 Å². The van der Waals surface area contributed by atoms with Crippen LogP contribution in [-0.4, -0.2) is 22.1 Å². The van der Waals surface area contributed by atoms with E-state index < -0.39 is 0 Å². The third-order valence-corrected chi connectivity index (χ3v) is 6.18. The highest BCUT2D eigenvalue weighted by Crippen LogP contribution is 2.48. The first-order valence-electron chi connectivity index (χ1n) is 9.81. The van der Waals surface area contributed by atoms with Gasteiger partial charge in [-0.1, -0.05) is 31.0 Å². The molecule has 1 aromatic carbocycles. The summed E-state index contributed by atoms with van der Waals surface area (Å²) in [5.74, 6) is 3.76. The minimum Gasteiger partial charge on any atom is -0.497 e. The molecule has 1 aliphatic carbocycles. The molecule has 142 valence electrons. The van der Waals surface area contributed by atoms with Crippen LogP contribution in [0.2, 0.25) is 5.02 Å². The van der Waals surface area contributed by atoms with E-state index in [1.54, 1.807) is 7.11 Å². The predicted molar refractivity (Wildman–Crippen MR) is 109 cm³/mol. The van der Waals surface area contributed by atoms with E-state index >= 15 is 0 Å². The molecule has 3 aromatic rings. The maximum atomic E-state index is 6.45. The van der Waals surface area contributed by atoms with Gasteiger partial charge in [-0.15, -0.1) is 0 Å². The Morgan fingerprint density at radius 1 is 1.30 bits per heavy atom. The molecule has 2 atom stereocenters. The highest BCUT2D eigenvalue weighted by Gasteiger charge is 2.38. The molecule has 0 amide bonds. The SMILES string of the molecule is CCC(CCc1ccc(OC)cc1Cl)C(c1nc2ccncc2[nH]1)C1CC1. The van der Waals surface area contributed by atoms with Crippen LogP contribution in [0.25, 0.3) is 11.0 Å². The number of hydrogen-bond acceptors (Lipinski definition) is 3. The zero-order valence-corrected chi connectivity index (χ0v) is 16.7. The molecule has 0 bridgehead atoms. The Kier molecular flexibility index (Phi) is 5.35. The normalized spacial score (nSPS) is 16.4. The maximum absolute atomic E-state index is 6.45. The number of pyridine rings is 1. The summed E-state index contributed by atoms with van der Waals surface area (Å²) in [6.07, 6.45) is 9.52. The summed E-state index contributed by atoms with van der Waals surface area (Å²) in [7, 11) is 1.67. The topological polar surface area (TPSA) is 50.8 Å². The summed E-state index contributed by atoms with van der Waals surface area (Å²) >= 11 is 6.45. The van der Waals surface area contributed by atoms with Gasteiger partial charge in [0.05, 0.1) is 24.3 Å². The third-order valence-electron chi connectivity index (χ3n) is 5.82. The molecule has 2 aromatic heterocycles. The Labute approximate surface area is 165 Å². The fraction of sp³-hybridized carbons (Fsp3) is 0.455. The lowest BCUT2D eigenvalue weighted by Gasteiger charge is -2.25. The molecule has 1 saturated carbocycles. The van der Waals surface area contributed by atoms with Gasteiger partial charge < -0.3 is 9.72 Å². The van der Waals surface area contributed by atoms with Crippen LogP contribution >= 0.6 is 11.6 Å². The highest BCUT2D eigenvalue weighted by molar-refractivity contribution is 6.31. The quantitative estimate of drug-likeness (QED) is 0.537. The van der Waals surface area contributed by atoms with E-state index in [0.29, 0.717) is 11.8 Å². The van der Waals surface area contributed by atoms with E-state index in [1.165, 1.54) is 18.4 Å². The van der Waals surface area contributed by atoms with E-state index in [1.807, 2.05) is 30.6 Å². The first kappa shape index (κ1) is 18.3. The number of imidazole rings is 1. The van der Waals surface area contributed by atoms with Crippen LogP contribution in [-0.2, 0) is 6.42 Å². The molecule has 27 heavy (non-hydrogen) atoms. The third kappa shape index (κ3) is 3.96. The van der Waals surface area contributed by atoms with Gasteiger partial charge in [0.25, 0.3) is 0 Å². The number of aromatic nitrogens is 3. The van der Waals surface area contributed by atoms with Crippen LogP contribution in [0, 0.1) is 11.8 Å². The smallest absolute Gasteiger partial charge is 0.120 e. The first-order chi connectivity index (χ1) is 13.2. The molecule has 4 nitrogen and oxygen atoms in total. The number of benzene rings is 1. The predicted octanol–water partition coefficient (Wildman–Crippen LogP) is 5.77. The van der Waals surface area contributed by atoms with Gasteiger partial charge in [-0.3, -0.25) is 4.98 Å². The van der Waals surface area contributed by atoms with E-state index in [9.17, 15) is 0 Å². The first-order valence-corrected chi connectivity index (χ1v) is 10.2. The van der Waals surface area contributed by atoms with Crippen LogP contribution in [0.5, 0.6) is 5.75 Å². The summed E-state index contributed by atoms with van der Waals surface area (Å²) in [4.78, 5) is 12.7. The number of methoxy groups -OCH3 is 1. The Morgan fingerprint density at radius 3 is 2.81 bits per heavy atom. The minimum absolute atomic E-state index is 0.486. The summed E-state index contributed by atoms with van der Waals surface area (Å²) in [5.41, 5.74) is 3.24. The molecule has 5 heteroatoms. The molecule has 0 spiro atoms. The number of nitrogens with one attached hydrogen (secondary N) is 1. The molecule has 2 unspecified atom stereocenters. The number of rotatable bonds is 8. The van der Waals surface area contributed by atoms with Gasteiger partial charge in [-0.2, -0.15) is 0 Å². The maximum Gasteiger partial charge on any atom is 0.120 e. The number of aromatic amines is 1. The van der Waals surface area contributed by atoms with Crippen LogP contribution in [0.3, 0.4) is 0 Å². The molecule has 1 aliphatic rings. The van der Waals surface area contributed by atoms with E-state index in [2.05, 4.69) is 23.0 Å². The number of nitrogens with zero attached hydrogens (tertiary/aromatic N) is 2. The van der Waals surface area contributed by atoms with Crippen molar-refractivity contribution < 1.29 is 4.74 Å². The Balaban J connectivity index is 1.54. The van der Waals surface area contributed by atoms with Crippen molar-refractivity contribution >= 4 is 22.6 Å². The average molecular weight is 384 g/mol. The lowest BCUT2D eigenvalue weighted by Crippen LogP contribution is -2.17. The van der Waals surface area contributed by atoms with Gasteiger partial charge in [-0.05, 0) is 61.3 Å². The molecule has 1 N–H and O–H groups in total. The van der Waals surface area contributed by atoms with E-state index in [0.717, 1.165) is 52.8 Å². The standard InChI is InChI=1S/C22H26ClN3O/c1-3-14(4-5-15-8-9-17(27-2)12-18(15)23)21(16-6-7-16)22-25-19-10-11-24-13-20(19)26-22/h8-14,16,21H,3-7H2,1-2H3,(H,25,26). The number of fused-ring (bicyclic) bond motifs is 1. The molecular formula is C22H26ClN3O. The Bertz CT molecular complexity index is 886. The van der Waals surface area contributed by atoms with Crippen molar-refractivity contribution in [1.29, 1.82) is 0 Å². The minimum atomic E-state index is 0.486. The Morgan fingerprint density at radius 2 is 2.15 bits per heavy atom. The molecular weight excluding hydrogens is 358 g/mol. The molecule has 1 fully saturated rings. The molecule has 2 heterocycles. The van der Waals surface area contributed by atoms with Gasteiger partial charge in [-0.25, -0.2) is 4.98 Å². The average Bonchev–Trinajstić information content (AvgIpc) is 3.43. The number of aryl methyl sites for hydroxylation is 1. The van der Waals surface area contributed by atoms with Gasteiger partial charge in [0, 0.05) is 17.1 Å². The van der Waals surface area contributed by atoms with Gasteiger partial charge >= 0.3 is 0 Å². The van der Waals surface area contributed by atoms with Gasteiger partial charge in [0.15, 0.2) is 0 Å². The van der Waals surface area contributed by atoms with Crippen LogP contribution in [0.15, 0.2) is 36.7 Å². The van der Waals surface area contributed by atoms with Crippen molar-refractivity contribution in [3.8, 4) is 5.75 Å². The largest absolute Gasteiger partial charge is 0.497 e. The summed E-state index contributed by atoms with van der Waals surface area (Å²) in [6.45, 7) is 2.29. The fourth-order valence-electron chi connectivity index (χ4n) is 4.16. The van der Waals surface area contributed by atoms with E-state index in [-0.39, 0.29) is 0 Å². The van der Waals surface area contributed by atoms with Crippen LogP contribution in [0.4, 0.5) is 0 Å². The number of hydrogen-bond donors (Lipinski definition) is 1. The second-order valence-corrected chi connectivity index (χ2v) is 7.95.